The van der Waals surface area contributed by atoms with Gasteiger partial charge < -0.3 is 10.4 Å². The molecule has 2 atom stereocenters. The van der Waals surface area contributed by atoms with E-state index in [-0.39, 0.29) is 24.4 Å². The van der Waals surface area contributed by atoms with Crippen LogP contribution in [0.3, 0.4) is 0 Å². The number of rotatable bonds is 6. The third-order valence-electron chi connectivity index (χ3n) is 3.42. The molecule has 0 saturated carbocycles. The van der Waals surface area contributed by atoms with E-state index in [0.29, 0.717) is 0 Å². The SMILES string of the molecule is CC(N[C@H](CO)c1ccccc1)c1cccc([N+](=O)[O-])c1. The maximum atomic E-state index is 10.8. The Morgan fingerprint density at radius 3 is 2.43 bits per heavy atom. The molecule has 5 nitrogen and oxygen atoms in total. The molecule has 0 spiro atoms. The van der Waals surface area contributed by atoms with E-state index in [1.54, 1.807) is 12.1 Å². The summed E-state index contributed by atoms with van der Waals surface area (Å²) in [5.74, 6) is 0. The molecule has 0 aromatic heterocycles. The number of aliphatic hydroxyl groups is 1. The van der Waals surface area contributed by atoms with Crippen molar-refractivity contribution in [3.8, 4) is 0 Å². The van der Waals surface area contributed by atoms with Crippen LogP contribution < -0.4 is 5.32 Å². The number of non-ortho nitro benzene ring substituents is 1. The van der Waals surface area contributed by atoms with E-state index in [2.05, 4.69) is 5.32 Å². The van der Waals surface area contributed by atoms with Crippen LogP contribution in [0.15, 0.2) is 54.6 Å². The molecule has 110 valence electrons. The molecule has 1 unspecified atom stereocenters. The van der Waals surface area contributed by atoms with Gasteiger partial charge in [-0.2, -0.15) is 0 Å². The van der Waals surface area contributed by atoms with Gasteiger partial charge in [-0.25, -0.2) is 0 Å². The van der Waals surface area contributed by atoms with E-state index in [0.717, 1.165) is 11.1 Å². The molecular weight excluding hydrogens is 268 g/mol. The molecule has 2 N–H and O–H groups in total. The summed E-state index contributed by atoms with van der Waals surface area (Å²) >= 11 is 0. The molecule has 0 aliphatic rings. The fraction of sp³-hybridized carbons (Fsp3) is 0.250. The number of hydrogen-bond acceptors (Lipinski definition) is 4. The molecular formula is C16H18N2O3. The number of nitrogens with zero attached hydrogens (tertiary/aromatic N) is 1. The Hall–Kier alpha value is -2.24. The first-order valence-electron chi connectivity index (χ1n) is 6.78. The molecule has 21 heavy (non-hydrogen) atoms. The van der Waals surface area contributed by atoms with Crippen LogP contribution in [-0.2, 0) is 0 Å². The van der Waals surface area contributed by atoms with Gasteiger partial charge in [0, 0.05) is 18.2 Å². The highest BCUT2D eigenvalue weighted by atomic mass is 16.6. The third-order valence-corrected chi connectivity index (χ3v) is 3.42. The molecule has 2 aromatic carbocycles. The number of nitro benzene ring substituents is 1. The molecule has 5 heteroatoms. The second-order valence-corrected chi connectivity index (χ2v) is 4.89. The molecule has 2 aromatic rings. The van der Waals surface area contributed by atoms with Gasteiger partial charge in [0.05, 0.1) is 17.6 Å². The summed E-state index contributed by atoms with van der Waals surface area (Å²) < 4.78 is 0. The number of nitro groups is 1. The number of benzene rings is 2. The van der Waals surface area contributed by atoms with Crippen LogP contribution in [0.25, 0.3) is 0 Å². The van der Waals surface area contributed by atoms with E-state index in [4.69, 9.17) is 0 Å². The van der Waals surface area contributed by atoms with Crippen LogP contribution in [-0.4, -0.2) is 16.6 Å². The van der Waals surface area contributed by atoms with Gasteiger partial charge in [-0.05, 0) is 18.1 Å². The van der Waals surface area contributed by atoms with Crippen LogP contribution >= 0.6 is 0 Å². The zero-order valence-electron chi connectivity index (χ0n) is 11.8. The largest absolute Gasteiger partial charge is 0.394 e. The number of hydrogen-bond donors (Lipinski definition) is 2. The van der Waals surface area contributed by atoms with Crippen molar-refractivity contribution in [2.45, 2.75) is 19.0 Å². The van der Waals surface area contributed by atoms with Gasteiger partial charge >= 0.3 is 0 Å². The Morgan fingerprint density at radius 1 is 1.14 bits per heavy atom. The summed E-state index contributed by atoms with van der Waals surface area (Å²) in [5.41, 5.74) is 1.87. The van der Waals surface area contributed by atoms with E-state index in [9.17, 15) is 15.2 Å². The second-order valence-electron chi connectivity index (χ2n) is 4.89. The highest BCUT2D eigenvalue weighted by Gasteiger charge is 2.16. The zero-order chi connectivity index (χ0) is 15.2. The van der Waals surface area contributed by atoms with Crippen molar-refractivity contribution >= 4 is 5.69 Å². The molecule has 0 bridgehead atoms. The van der Waals surface area contributed by atoms with E-state index >= 15 is 0 Å². The first-order chi connectivity index (χ1) is 10.1. The molecule has 0 aliphatic heterocycles. The Kier molecular flexibility index (Phi) is 5.03. The van der Waals surface area contributed by atoms with Gasteiger partial charge in [-0.3, -0.25) is 10.1 Å². The van der Waals surface area contributed by atoms with Gasteiger partial charge in [0.25, 0.3) is 5.69 Å². The Balaban J connectivity index is 2.14. The molecule has 2 rings (SSSR count). The lowest BCUT2D eigenvalue weighted by molar-refractivity contribution is -0.384. The van der Waals surface area contributed by atoms with Crippen molar-refractivity contribution in [1.29, 1.82) is 0 Å². The quantitative estimate of drug-likeness (QED) is 0.632. The highest BCUT2D eigenvalue weighted by Crippen LogP contribution is 2.22. The average Bonchev–Trinajstić information content (AvgIpc) is 2.53. The fourth-order valence-corrected chi connectivity index (χ4v) is 2.25. The van der Waals surface area contributed by atoms with Crippen LogP contribution in [0.4, 0.5) is 5.69 Å². The topological polar surface area (TPSA) is 75.4 Å². The molecule has 0 amide bonds. The molecule has 0 fully saturated rings. The monoisotopic (exact) mass is 286 g/mol. The van der Waals surface area contributed by atoms with Gasteiger partial charge in [-0.1, -0.05) is 42.5 Å². The van der Waals surface area contributed by atoms with Crippen LogP contribution in [0.1, 0.15) is 30.1 Å². The summed E-state index contributed by atoms with van der Waals surface area (Å²) in [4.78, 5) is 10.4. The highest BCUT2D eigenvalue weighted by molar-refractivity contribution is 5.35. The fourth-order valence-electron chi connectivity index (χ4n) is 2.25. The van der Waals surface area contributed by atoms with Crippen molar-refractivity contribution in [2.24, 2.45) is 0 Å². The summed E-state index contributed by atoms with van der Waals surface area (Å²) in [6, 6.07) is 15.8. The first-order valence-corrected chi connectivity index (χ1v) is 6.78. The zero-order valence-corrected chi connectivity index (χ0v) is 11.8. The standard InChI is InChI=1S/C16H18N2O3/c1-12(14-8-5-9-15(10-14)18(20)21)17-16(11-19)13-6-3-2-4-7-13/h2-10,12,16-17,19H,11H2,1H3/t12?,16-/m1/s1. The van der Waals surface area contributed by atoms with Crippen LogP contribution in [0.2, 0.25) is 0 Å². The predicted molar refractivity (Wildman–Crippen MR) is 80.9 cm³/mol. The van der Waals surface area contributed by atoms with E-state index in [1.165, 1.54) is 6.07 Å². The smallest absolute Gasteiger partial charge is 0.269 e. The minimum absolute atomic E-state index is 0.0384. The van der Waals surface area contributed by atoms with Crippen molar-refractivity contribution in [3.63, 3.8) is 0 Å². The van der Waals surface area contributed by atoms with Gasteiger partial charge in [0.15, 0.2) is 0 Å². The van der Waals surface area contributed by atoms with E-state index < -0.39 is 4.92 Å². The lowest BCUT2D eigenvalue weighted by Crippen LogP contribution is -2.27. The summed E-state index contributed by atoms with van der Waals surface area (Å²) in [7, 11) is 0. The summed E-state index contributed by atoms with van der Waals surface area (Å²) in [5, 5.41) is 23.7. The average molecular weight is 286 g/mol. The van der Waals surface area contributed by atoms with Crippen LogP contribution in [0.5, 0.6) is 0 Å². The molecule has 0 aliphatic carbocycles. The third kappa shape index (κ3) is 3.87. The van der Waals surface area contributed by atoms with Gasteiger partial charge in [0.2, 0.25) is 0 Å². The lowest BCUT2D eigenvalue weighted by atomic mass is 10.0. The van der Waals surface area contributed by atoms with E-state index in [1.807, 2.05) is 43.3 Å². The van der Waals surface area contributed by atoms with Gasteiger partial charge in [0.1, 0.15) is 0 Å². The van der Waals surface area contributed by atoms with Gasteiger partial charge in [-0.15, -0.1) is 0 Å². The second kappa shape index (κ2) is 6.97. The maximum Gasteiger partial charge on any atom is 0.269 e. The summed E-state index contributed by atoms with van der Waals surface area (Å²) in [6.45, 7) is 1.88. The first kappa shape index (κ1) is 15.2. The molecule has 0 heterocycles. The predicted octanol–water partition coefficient (Wildman–Crippen LogP) is 2.98. The van der Waals surface area contributed by atoms with Crippen molar-refractivity contribution < 1.29 is 10.0 Å². The Bertz CT molecular complexity index is 601. The minimum atomic E-state index is -0.406. The Morgan fingerprint density at radius 2 is 1.81 bits per heavy atom. The maximum absolute atomic E-state index is 10.8. The Labute approximate surface area is 123 Å². The molecule has 0 radical (unpaired) electrons. The molecule has 0 saturated heterocycles. The summed E-state index contributed by atoms with van der Waals surface area (Å²) in [6.07, 6.45) is 0. The van der Waals surface area contributed by atoms with Crippen molar-refractivity contribution in [3.05, 3.63) is 75.8 Å². The normalized spacial score (nSPS) is 13.6. The van der Waals surface area contributed by atoms with Crippen LogP contribution in [0, 0.1) is 10.1 Å². The number of aliphatic hydroxyl groups excluding tert-OH is 1. The number of nitrogens with one attached hydrogen (secondary N) is 1. The lowest BCUT2D eigenvalue weighted by Gasteiger charge is -2.22. The van der Waals surface area contributed by atoms with Crippen molar-refractivity contribution in [1.82, 2.24) is 5.32 Å². The minimum Gasteiger partial charge on any atom is -0.394 e. The van der Waals surface area contributed by atoms with Crippen molar-refractivity contribution in [2.75, 3.05) is 6.61 Å².